The van der Waals surface area contributed by atoms with E-state index in [1.165, 1.54) is 18.3 Å². The van der Waals surface area contributed by atoms with Crippen LogP contribution in [0.4, 0.5) is 10.2 Å². The summed E-state index contributed by atoms with van der Waals surface area (Å²) in [6, 6.07) is 9.23. The van der Waals surface area contributed by atoms with Gasteiger partial charge in [-0.05, 0) is 30.7 Å². The third-order valence-corrected chi connectivity index (χ3v) is 2.59. The van der Waals surface area contributed by atoms with Gasteiger partial charge in [-0.1, -0.05) is 19.1 Å². The zero-order valence-corrected chi connectivity index (χ0v) is 10.9. The van der Waals surface area contributed by atoms with Crippen molar-refractivity contribution in [3.8, 4) is 5.75 Å². The number of para-hydroxylation sites is 1. The lowest BCUT2D eigenvalue weighted by molar-refractivity contribution is -0.122. The number of rotatable bonds is 5. The summed E-state index contributed by atoms with van der Waals surface area (Å²) in [5.41, 5.74) is 0. The molecule has 1 aromatic carbocycles. The molecule has 1 heterocycles. The van der Waals surface area contributed by atoms with Crippen molar-refractivity contribution in [2.45, 2.75) is 19.4 Å². The van der Waals surface area contributed by atoms with Gasteiger partial charge in [0.05, 0.1) is 0 Å². The van der Waals surface area contributed by atoms with Crippen molar-refractivity contribution >= 4 is 11.7 Å². The third kappa shape index (κ3) is 3.50. The van der Waals surface area contributed by atoms with Gasteiger partial charge in [-0.25, -0.2) is 4.39 Å². The van der Waals surface area contributed by atoms with Crippen LogP contribution in [-0.4, -0.2) is 22.2 Å². The normalized spacial score (nSPS) is 11.7. The Morgan fingerprint density at radius 3 is 2.80 bits per heavy atom. The molecule has 0 fully saturated rings. The highest BCUT2D eigenvalue weighted by molar-refractivity contribution is 5.93. The quantitative estimate of drug-likeness (QED) is 0.910. The van der Waals surface area contributed by atoms with Crippen LogP contribution in [0.2, 0.25) is 0 Å². The van der Waals surface area contributed by atoms with Crippen molar-refractivity contribution < 1.29 is 13.9 Å². The molecule has 0 spiro atoms. The maximum atomic E-state index is 13.5. The SMILES string of the molecule is CC[C@@H](Oc1ccccc1F)C(=O)Nc1cccnn1. The summed E-state index contributed by atoms with van der Waals surface area (Å²) in [7, 11) is 0. The maximum Gasteiger partial charge on any atom is 0.266 e. The molecule has 1 aromatic heterocycles. The average Bonchev–Trinajstić information content (AvgIpc) is 2.47. The van der Waals surface area contributed by atoms with E-state index in [-0.39, 0.29) is 5.75 Å². The number of ether oxygens (including phenoxy) is 1. The monoisotopic (exact) mass is 275 g/mol. The van der Waals surface area contributed by atoms with Crippen molar-refractivity contribution in [3.63, 3.8) is 0 Å². The molecule has 0 bridgehead atoms. The Morgan fingerprint density at radius 1 is 1.35 bits per heavy atom. The van der Waals surface area contributed by atoms with Crippen LogP contribution in [0.3, 0.4) is 0 Å². The first-order valence-electron chi connectivity index (χ1n) is 6.20. The van der Waals surface area contributed by atoms with Gasteiger partial charge in [0, 0.05) is 6.20 Å². The third-order valence-electron chi connectivity index (χ3n) is 2.59. The molecule has 5 nitrogen and oxygen atoms in total. The number of hydrogen-bond acceptors (Lipinski definition) is 4. The molecule has 6 heteroatoms. The van der Waals surface area contributed by atoms with Crippen LogP contribution in [0.15, 0.2) is 42.6 Å². The van der Waals surface area contributed by atoms with Crippen molar-refractivity contribution in [1.29, 1.82) is 0 Å². The number of nitrogens with one attached hydrogen (secondary N) is 1. The summed E-state index contributed by atoms with van der Waals surface area (Å²) in [5.74, 6) is -0.517. The minimum atomic E-state index is -0.797. The first-order chi connectivity index (χ1) is 9.70. The number of amides is 1. The highest BCUT2D eigenvalue weighted by Gasteiger charge is 2.20. The molecule has 1 N–H and O–H groups in total. The Morgan fingerprint density at radius 2 is 2.15 bits per heavy atom. The van der Waals surface area contributed by atoms with E-state index in [2.05, 4.69) is 15.5 Å². The summed E-state index contributed by atoms with van der Waals surface area (Å²) in [6.07, 6.45) is 1.11. The molecule has 1 atom stereocenters. The molecular formula is C14H14FN3O2. The van der Waals surface area contributed by atoms with Crippen molar-refractivity contribution in [1.82, 2.24) is 10.2 Å². The first-order valence-corrected chi connectivity index (χ1v) is 6.20. The second-order valence-corrected chi connectivity index (χ2v) is 4.04. The van der Waals surface area contributed by atoms with Crippen LogP contribution in [0.5, 0.6) is 5.75 Å². The van der Waals surface area contributed by atoms with Gasteiger partial charge < -0.3 is 10.1 Å². The van der Waals surface area contributed by atoms with E-state index in [1.807, 2.05) is 0 Å². The molecule has 0 aliphatic rings. The van der Waals surface area contributed by atoms with E-state index in [0.29, 0.717) is 12.2 Å². The number of carbonyl (C=O) groups excluding carboxylic acids is 1. The number of hydrogen-bond donors (Lipinski definition) is 1. The predicted octanol–water partition coefficient (Wildman–Crippen LogP) is 2.41. The minimum absolute atomic E-state index is 0.0497. The van der Waals surface area contributed by atoms with Gasteiger partial charge in [0.25, 0.3) is 5.91 Å². The Balaban J connectivity index is 2.05. The number of halogens is 1. The van der Waals surface area contributed by atoms with E-state index in [9.17, 15) is 9.18 Å². The van der Waals surface area contributed by atoms with Gasteiger partial charge in [-0.2, -0.15) is 5.10 Å². The Hall–Kier alpha value is -2.50. The fourth-order valence-electron chi connectivity index (χ4n) is 1.59. The topological polar surface area (TPSA) is 64.1 Å². The second kappa shape index (κ2) is 6.60. The van der Waals surface area contributed by atoms with E-state index >= 15 is 0 Å². The molecular weight excluding hydrogens is 261 g/mol. The fourth-order valence-corrected chi connectivity index (χ4v) is 1.59. The minimum Gasteiger partial charge on any atom is -0.478 e. The van der Waals surface area contributed by atoms with Crippen LogP contribution in [0.25, 0.3) is 0 Å². The molecule has 0 aliphatic heterocycles. The summed E-state index contributed by atoms with van der Waals surface area (Å²) in [6.45, 7) is 1.78. The molecule has 0 saturated heterocycles. The lowest BCUT2D eigenvalue weighted by atomic mass is 10.2. The van der Waals surface area contributed by atoms with Gasteiger partial charge in [-0.3, -0.25) is 4.79 Å². The molecule has 20 heavy (non-hydrogen) atoms. The second-order valence-electron chi connectivity index (χ2n) is 4.04. The molecule has 0 unspecified atom stereocenters. The summed E-state index contributed by atoms with van der Waals surface area (Å²) >= 11 is 0. The van der Waals surface area contributed by atoms with E-state index < -0.39 is 17.8 Å². The number of aromatic nitrogens is 2. The highest BCUT2D eigenvalue weighted by atomic mass is 19.1. The van der Waals surface area contributed by atoms with E-state index in [1.54, 1.807) is 31.2 Å². The van der Waals surface area contributed by atoms with Crippen molar-refractivity contribution in [2.24, 2.45) is 0 Å². The summed E-state index contributed by atoms with van der Waals surface area (Å²) in [5, 5.41) is 9.98. The Kier molecular flexibility index (Phi) is 4.60. The maximum absolute atomic E-state index is 13.5. The zero-order valence-electron chi connectivity index (χ0n) is 10.9. The van der Waals surface area contributed by atoms with Crippen LogP contribution in [0.1, 0.15) is 13.3 Å². The van der Waals surface area contributed by atoms with Crippen LogP contribution >= 0.6 is 0 Å². The predicted molar refractivity (Wildman–Crippen MR) is 71.8 cm³/mol. The lowest BCUT2D eigenvalue weighted by Crippen LogP contribution is -2.33. The van der Waals surface area contributed by atoms with Gasteiger partial charge in [0.1, 0.15) is 0 Å². The molecule has 104 valence electrons. The average molecular weight is 275 g/mol. The molecule has 1 amide bonds. The fraction of sp³-hybridized carbons (Fsp3) is 0.214. The van der Waals surface area contributed by atoms with E-state index in [4.69, 9.17) is 4.74 Å². The van der Waals surface area contributed by atoms with E-state index in [0.717, 1.165) is 0 Å². The smallest absolute Gasteiger partial charge is 0.266 e. The zero-order chi connectivity index (χ0) is 14.4. The number of anilines is 1. The van der Waals surface area contributed by atoms with Gasteiger partial charge >= 0.3 is 0 Å². The summed E-state index contributed by atoms with van der Waals surface area (Å²) < 4.78 is 18.9. The van der Waals surface area contributed by atoms with Gasteiger partial charge in [-0.15, -0.1) is 5.10 Å². The standard InChI is InChI=1S/C14H14FN3O2/c1-2-11(20-12-7-4-3-6-10(12)15)14(19)17-13-8-5-9-16-18-13/h3-9,11H,2H2,1H3,(H,17,18,19)/t11-/m1/s1. The molecule has 0 saturated carbocycles. The molecule has 0 aliphatic carbocycles. The van der Waals surface area contributed by atoms with Crippen LogP contribution in [-0.2, 0) is 4.79 Å². The summed E-state index contributed by atoms with van der Waals surface area (Å²) in [4.78, 5) is 12.0. The van der Waals surface area contributed by atoms with Gasteiger partial charge in [0.15, 0.2) is 23.5 Å². The Bertz CT molecular complexity index is 578. The molecule has 2 rings (SSSR count). The van der Waals surface area contributed by atoms with Crippen molar-refractivity contribution in [3.05, 3.63) is 48.4 Å². The Labute approximate surface area is 115 Å². The molecule has 0 radical (unpaired) electrons. The van der Waals surface area contributed by atoms with Gasteiger partial charge in [0.2, 0.25) is 0 Å². The first kappa shape index (κ1) is 13.9. The number of nitrogens with zero attached hydrogens (tertiary/aromatic N) is 2. The van der Waals surface area contributed by atoms with Crippen molar-refractivity contribution in [2.75, 3.05) is 5.32 Å². The lowest BCUT2D eigenvalue weighted by Gasteiger charge is -2.17. The highest BCUT2D eigenvalue weighted by Crippen LogP contribution is 2.18. The largest absolute Gasteiger partial charge is 0.478 e. The van der Waals surface area contributed by atoms with Crippen LogP contribution in [0, 0.1) is 5.82 Å². The number of carbonyl (C=O) groups is 1. The van der Waals surface area contributed by atoms with Crippen LogP contribution < -0.4 is 10.1 Å². The molecule has 2 aromatic rings. The number of benzene rings is 1.